The standard InChI is InChI=1S/C13H13F3N4O3S/c1-2-3-23-12(22)19-4-8-7-24-10-6-17-9(20(8)10)5-18-11(21)13(14,15)16/h2,6-7H,1,3-5H2,(H,18,21)(H,19,22). The van der Waals surface area contributed by atoms with E-state index >= 15 is 0 Å². The minimum atomic E-state index is -4.95. The zero-order valence-electron chi connectivity index (χ0n) is 12.2. The number of fused-ring (bicyclic) bond motifs is 1. The highest BCUT2D eigenvalue weighted by Crippen LogP contribution is 2.19. The number of alkyl halides is 3. The zero-order chi connectivity index (χ0) is 17.7. The zero-order valence-corrected chi connectivity index (χ0v) is 13.0. The topological polar surface area (TPSA) is 84.7 Å². The van der Waals surface area contributed by atoms with Crippen molar-refractivity contribution in [3.8, 4) is 0 Å². The predicted octanol–water partition coefficient (Wildman–Crippen LogP) is 1.99. The molecule has 0 bridgehead atoms. The number of amides is 2. The molecule has 0 aliphatic carbocycles. The van der Waals surface area contributed by atoms with E-state index in [1.165, 1.54) is 23.6 Å². The molecule has 2 aromatic heterocycles. The molecule has 0 atom stereocenters. The summed E-state index contributed by atoms with van der Waals surface area (Å²) in [6, 6.07) is 0. The van der Waals surface area contributed by atoms with Crippen LogP contribution < -0.4 is 10.6 Å². The highest BCUT2D eigenvalue weighted by Gasteiger charge is 2.38. The molecule has 0 unspecified atom stereocenters. The van der Waals surface area contributed by atoms with E-state index in [0.29, 0.717) is 10.5 Å². The summed E-state index contributed by atoms with van der Waals surface area (Å²) in [5, 5.41) is 5.98. The van der Waals surface area contributed by atoms with E-state index in [1.54, 1.807) is 15.1 Å². The molecule has 7 nitrogen and oxygen atoms in total. The summed E-state index contributed by atoms with van der Waals surface area (Å²) in [7, 11) is 0. The normalized spacial score (nSPS) is 11.3. The molecule has 0 aliphatic heterocycles. The van der Waals surface area contributed by atoms with Gasteiger partial charge in [0, 0.05) is 5.38 Å². The van der Waals surface area contributed by atoms with Gasteiger partial charge in [-0.15, -0.1) is 11.3 Å². The Balaban J connectivity index is 2.05. The van der Waals surface area contributed by atoms with Crippen LogP contribution in [0, 0.1) is 0 Å². The van der Waals surface area contributed by atoms with Gasteiger partial charge in [-0.25, -0.2) is 9.78 Å². The first-order valence-electron chi connectivity index (χ1n) is 6.62. The average molecular weight is 362 g/mol. The lowest BCUT2D eigenvalue weighted by Gasteiger charge is -2.08. The van der Waals surface area contributed by atoms with Crippen molar-refractivity contribution in [2.75, 3.05) is 6.61 Å². The number of carbonyl (C=O) groups is 2. The van der Waals surface area contributed by atoms with Crippen molar-refractivity contribution in [1.29, 1.82) is 0 Å². The third kappa shape index (κ3) is 4.25. The van der Waals surface area contributed by atoms with Crippen LogP contribution in [0.4, 0.5) is 18.0 Å². The number of hydrogen-bond donors (Lipinski definition) is 2. The maximum absolute atomic E-state index is 12.2. The average Bonchev–Trinajstić information content (AvgIpc) is 3.10. The van der Waals surface area contributed by atoms with Crippen molar-refractivity contribution in [2.24, 2.45) is 0 Å². The van der Waals surface area contributed by atoms with Gasteiger partial charge >= 0.3 is 18.2 Å². The van der Waals surface area contributed by atoms with Crippen LogP contribution in [0.1, 0.15) is 11.5 Å². The number of alkyl carbamates (subject to hydrolysis) is 1. The summed E-state index contributed by atoms with van der Waals surface area (Å²) in [5.41, 5.74) is 0.597. The predicted molar refractivity (Wildman–Crippen MR) is 79.4 cm³/mol. The molecule has 0 saturated heterocycles. The Hall–Kier alpha value is -2.56. The maximum Gasteiger partial charge on any atom is 0.471 e. The molecule has 0 aliphatic rings. The molecule has 2 heterocycles. The summed E-state index contributed by atoms with van der Waals surface area (Å²) in [6.45, 7) is 3.17. The van der Waals surface area contributed by atoms with Gasteiger partial charge in [-0.1, -0.05) is 12.7 Å². The lowest BCUT2D eigenvalue weighted by atomic mass is 10.4. The Bertz CT molecular complexity index is 753. The van der Waals surface area contributed by atoms with Crippen molar-refractivity contribution < 1.29 is 27.5 Å². The Morgan fingerprint density at radius 3 is 2.79 bits per heavy atom. The van der Waals surface area contributed by atoms with E-state index in [-0.39, 0.29) is 19.0 Å². The summed E-state index contributed by atoms with van der Waals surface area (Å²) >= 11 is 1.30. The molecule has 2 amide bonds. The number of ether oxygens (including phenoxy) is 1. The SMILES string of the molecule is C=CCOC(=O)NCc1csc2cnc(CNC(=O)C(F)(F)F)n12. The van der Waals surface area contributed by atoms with Crippen molar-refractivity contribution in [2.45, 2.75) is 19.3 Å². The van der Waals surface area contributed by atoms with E-state index in [0.717, 1.165) is 0 Å². The molecule has 24 heavy (non-hydrogen) atoms. The van der Waals surface area contributed by atoms with Gasteiger partial charge in [0.15, 0.2) is 0 Å². The quantitative estimate of drug-likeness (QED) is 0.770. The monoisotopic (exact) mass is 362 g/mol. The number of thiazole rings is 1. The third-order valence-electron chi connectivity index (χ3n) is 2.82. The minimum absolute atomic E-state index is 0.0602. The van der Waals surface area contributed by atoms with Gasteiger partial charge in [0.1, 0.15) is 17.3 Å². The number of nitrogens with one attached hydrogen (secondary N) is 2. The Morgan fingerprint density at radius 2 is 2.12 bits per heavy atom. The molecule has 0 fully saturated rings. The van der Waals surface area contributed by atoms with E-state index < -0.39 is 24.7 Å². The first-order chi connectivity index (χ1) is 11.3. The van der Waals surface area contributed by atoms with Gasteiger partial charge in [-0.05, 0) is 0 Å². The van der Waals surface area contributed by atoms with Crippen molar-refractivity contribution in [3.63, 3.8) is 0 Å². The summed E-state index contributed by atoms with van der Waals surface area (Å²) < 4.78 is 43.0. The Labute approximate surface area is 138 Å². The molecule has 2 aromatic rings. The number of rotatable bonds is 6. The first kappa shape index (κ1) is 17.8. The van der Waals surface area contributed by atoms with Crippen LogP contribution in [-0.2, 0) is 22.6 Å². The number of aromatic nitrogens is 2. The highest BCUT2D eigenvalue weighted by atomic mass is 32.1. The second-order valence-corrected chi connectivity index (χ2v) is 5.39. The molecule has 0 spiro atoms. The van der Waals surface area contributed by atoms with Crippen LogP contribution in [0.25, 0.3) is 4.83 Å². The second-order valence-electron chi connectivity index (χ2n) is 4.50. The Kier molecular flexibility index (Phi) is 5.44. The van der Waals surface area contributed by atoms with Crippen LogP contribution in [0.2, 0.25) is 0 Å². The van der Waals surface area contributed by atoms with Crippen molar-refractivity contribution in [3.05, 3.63) is 35.8 Å². The largest absolute Gasteiger partial charge is 0.471 e. The van der Waals surface area contributed by atoms with Gasteiger partial charge < -0.3 is 15.4 Å². The van der Waals surface area contributed by atoms with Crippen molar-refractivity contribution in [1.82, 2.24) is 20.0 Å². The lowest BCUT2D eigenvalue weighted by Crippen LogP contribution is -2.36. The molecule has 130 valence electrons. The summed E-state index contributed by atoms with van der Waals surface area (Å²) in [6.07, 6.45) is -2.72. The summed E-state index contributed by atoms with van der Waals surface area (Å²) in [5.74, 6) is -1.82. The number of nitrogens with zero attached hydrogens (tertiary/aromatic N) is 2. The first-order valence-corrected chi connectivity index (χ1v) is 7.50. The minimum Gasteiger partial charge on any atom is -0.445 e. The molecular formula is C13H13F3N4O3S. The van der Waals surface area contributed by atoms with E-state index in [2.05, 4.69) is 16.9 Å². The fourth-order valence-corrected chi connectivity index (χ4v) is 2.68. The highest BCUT2D eigenvalue weighted by molar-refractivity contribution is 7.15. The van der Waals surface area contributed by atoms with Gasteiger partial charge in [0.05, 0.1) is 25.0 Å². The molecule has 2 rings (SSSR count). The van der Waals surface area contributed by atoms with Gasteiger partial charge in [0.2, 0.25) is 0 Å². The number of imidazole rings is 1. The smallest absolute Gasteiger partial charge is 0.445 e. The van der Waals surface area contributed by atoms with Crippen LogP contribution in [0.15, 0.2) is 24.2 Å². The number of carbonyl (C=O) groups excluding carboxylic acids is 2. The third-order valence-corrected chi connectivity index (χ3v) is 3.74. The van der Waals surface area contributed by atoms with Gasteiger partial charge in [-0.3, -0.25) is 9.20 Å². The number of hydrogen-bond acceptors (Lipinski definition) is 5. The molecule has 0 aromatic carbocycles. The van der Waals surface area contributed by atoms with Gasteiger partial charge in [0.25, 0.3) is 0 Å². The number of halogens is 3. The lowest BCUT2D eigenvalue weighted by molar-refractivity contribution is -0.173. The maximum atomic E-state index is 12.2. The van der Waals surface area contributed by atoms with Crippen LogP contribution in [0.3, 0.4) is 0 Å². The molecule has 0 saturated carbocycles. The molecule has 11 heteroatoms. The second kappa shape index (κ2) is 7.34. The molecular weight excluding hydrogens is 349 g/mol. The van der Waals surface area contributed by atoms with Crippen LogP contribution in [-0.4, -0.2) is 34.2 Å². The van der Waals surface area contributed by atoms with Gasteiger partial charge in [-0.2, -0.15) is 13.2 Å². The van der Waals surface area contributed by atoms with Crippen LogP contribution in [0.5, 0.6) is 0 Å². The van der Waals surface area contributed by atoms with Crippen molar-refractivity contribution >= 4 is 28.2 Å². The molecule has 2 N–H and O–H groups in total. The van der Waals surface area contributed by atoms with E-state index in [9.17, 15) is 22.8 Å². The van der Waals surface area contributed by atoms with Crippen LogP contribution >= 0.6 is 11.3 Å². The fraction of sp³-hybridized carbons (Fsp3) is 0.308. The Morgan fingerprint density at radius 1 is 1.38 bits per heavy atom. The van der Waals surface area contributed by atoms with E-state index in [4.69, 9.17) is 4.74 Å². The van der Waals surface area contributed by atoms with E-state index in [1.807, 2.05) is 0 Å². The molecule has 0 radical (unpaired) electrons. The summed E-state index contributed by atoms with van der Waals surface area (Å²) in [4.78, 5) is 26.9. The fourth-order valence-electron chi connectivity index (χ4n) is 1.80.